The van der Waals surface area contributed by atoms with Gasteiger partial charge in [-0.15, -0.1) is 0 Å². The van der Waals surface area contributed by atoms with E-state index in [-0.39, 0.29) is 18.8 Å². The van der Waals surface area contributed by atoms with Crippen LogP contribution >= 0.6 is 27.5 Å². The first-order chi connectivity index (χ1) is 9.56. The number of nitrogens with one attached hydrogen (secondary N) is 1. The Morgan fingerprint density at radius 2 is 2.10 bits per heavy atom. The maximum Gasteiger partial charge on any atom is 0.310 e. The molecule has 0 fully saturated rings. The quantitative estimate of drug-likeness (QED) is 0.660. The number of hydrogen-bond acceptors (Lipinski definition) is 3. The molecule has 0 radical (unpaired) electrons. The summed E-state index contributed by atoms with van der Waals surface area (Å²) >= 11 is 9.21. The van der Waals surface area contributed by atoms with Gasteiger partial charge in [-0.25, -0.2) is 0 Å². The van der Waals surface area contributed by atoms with Gasteiger partial charge in [-0.1, -0.05) is 17.7 Å². The molecule has 0 saturated carbocycles. The minimum atomic E-state index is -0.469. The monoisotopic (exact) mass is 355 g/mol. The number of benzene rings is 1. The van der Waals surface area contributed by atoms with E-state index in [0.717, 1.165) is 10.0 Å². The second-order valence-corrected chi connectivity index (χ2v) is 5.35. The molecular weight excluding hydrogens is 346 g/mol. The fourth-order valence-electron chi connectivity index (χ4n) is 1.59. The lowest BCUT2D eigenvalue weighted by Gasteiger charge is -2.05. The van der Waals surface area contributed by atoms with Gasteiger partial charge in [-0.2, -0.15) is 0 Å². The molecule has 2 rings (SSSR count). The summed E-state index contributed by atoms with van der Waals surface area (Å²) in [6.07, 6.45) is 1.71. The summed E-state index contributed by atoms with van der Waals surface area (Å²) in [7, 11) is 0. The van der Waals surface area contributed by atoms with Crippen LogP contribution in [0.15, 0.2) is 41.0 Å². The van der Waals surface area contributed by atoms with Crippen molar-refractivity contribution in [2.24, 2.45) is 0 Å². The fourth-order valence-corrected chi connectivity index (χ4v) is 2.04. The number of aromatic amines is 1. The maximum atomic E-state index is 11.6. The van der Waals surface area contributed by atoms with E-state index in [1.807, 2.05) is 0 Å². The SMILES string of the molecule is O=C(Cc1ccc(Br)c(Cl)c1)OCC(=O)c1ccc[nH]1. The van der Waals surface area contributed by atoms with Gasteiger partial charge in [0.1, 0.15) is 0 Å². The summed E-state index contributed by atoms with van der Waals surface area (Å²) in [5.74, 6) is -0.736. The molecular formula is C14H11BrClNO3. The van der Waals surface area contributed by atoms with Crippen molar-refractivity contribution in [3.63, 3.8) is 0 Å². The molecule has 0 aliphatic carbocycles. The molecule has 104 valence electrons. The first-order valence-corrected chi connectivity index (χ1v) is 6.99. The van der Waals surface area contributed by atoms with Crippen LogP contribution < -0.4 is 0 Å². The summed E-state index contributed by atoms with van der Waals surface area (Å²) in [5, 5.41) is 0.526. The molecule has 6 heteroatoms. The summed E-state index contributed by atoms with van der Waals surface area (Å²) < 4.78 is 5.70. The highest BCUT2D eigenvalue weighted by Crippen LogP contribution is 2.23. The predicted molar refractivity (Wildman–Crippen MR) is 78.9 cm³/mol. The highest BCUT2D eigenvalue weighted by atomic mass is 79.9. The van der Waals surface area contributed by atoms with Gasteiger partial charge in [0.25, 0.3) is 0 Å². The van der Waals surface area contributed by atoms with E-state index in [1.54, 1.807) is 36.5 Å². The number of H-pyrrole nitrogens is 1. The molecule has 20 heavy (non-hydrogen) atoms. The third-order valence-electron chi connectivity index (χ3n) is 2.60. The third-order valence-corrected chi connectivity index (χ3v) is 3.83. The van der Waals surface area contributed by atoms with Crippen LogP contribution in [-0.4, -0.2) is 23.3 Å². The van der Waals surface area contributed by atoms with E-state index in [2.05, 4.69) is 20.9 Å². The van der Waals surface area contributed by atoms with E-state index < -0.39 is 5.97 Å². The topological polar surface area (TPSA) is 59.2 Å². The average Bonchev–Trinajstić information content (AvgIpc) is 2.94. The van der Waals surface area contributed by atoms with Crippen LogP contribution in [0.3, 0.4) is 0 Å². The Labute approximate surface area is 129 Å². The zero-order valence-corrected chi connectivity index (χ0v) is 12.7. The lowest BCUT2D eigenvalue weighted by molar-refractivity contribution is -0.141. The van der Waals surface area contributed by atoms with E-state index in [4.69, 9.17) is 16.3 Å². The molecule has 0 aliphatic rings. The van der Waals surface area contributed by atoms with Crippen molar-refractivity contribution in [1.82, 2.24) is 4.98 Å². The molecule has 1 aromatic carbocycles. The van der Waals surface area contributed by atoms with Crippen molar-refractivity contribution < 1.29 is 14.3 Å². The number of aromatic nitrogens is 1. The highest BCUT2D eigenvalue weighted by molar-refractivity contribution is 9.10. The van der Waals surface area contributed by atoms with Gasteiger partial charge < -0.3 is 9.72 Å². The van der Waals surface area contributed by atoms with Crippen molar-refractivity contribution in [2.75, 3.05) is 6.61 Å². The summed E-state index contributed by atoms with van der Waals surface area (Å²) in [5.41, 5.74) is 1.15. The Morgan fingerprint density at radius 3 is 2.75 bits per heavy atom. The minimum absolute atomic E-state index is 0.0744. The molecule has 0 aliphatic heterocycles. The Morgan fingerprint density at radius 1 is 1.30 bits per heavy atom. The van der Waals surface area contributed by atoms with Gasteiger partial charge in [0.05, 0.1) is 17.1 Å². The number of rotatable bonds is 5. The molecule has 0 unspecified atom stereocenters. The molecule has 0 bridgehead atoms. The lowest BCUT2D eigenvalue weighted by atomic mass is 10.1. The van der Waals surface area contributed by atoms with E-state index >= 15 is 0 Å². The van der Waals surface area contributed by atoms with Crippen LogP contribution in [0.4, 0.5) is 0 Å². The zero-order chi connectivity index (χ0) is 14.5. The summed E-state index contributed by atoms with van der Waals surface area (Å²) in [6, 6.07) is 8.54. The Balaban J connectivity index is 1.86. The van der Waals surface area contributed by atoms with Gasteiger partial charge in [-0.3, -0.25) is 9.59 Å². The van der Waals surface area contributed by atoms with Gasteiger partial charge in [0, 0.05) is 10.7 Å². The molecule has 0 atom stereocenters. The number of Topliss-reactive ketones (excluding diaryl/α,β-unsaturated/α-hetero) is 1. The fraction of sp³-hybridized carbons (Fsp3) is 0.143. The standard InChI is InChI=1S/C14H11BrClNO3/c15-10-4-3-9(6-11(10)16)7-14(19)20-8-13(18)12-2-1-5-17-12/h1-6,17H,7-8H2. The normalized spacial score (nSPS) is 10.3. The molecule has 1 N–H and O–H groups in total. The number of ether oxygens (including phenoxy) is 1. The van der Waals surface area contributed by atoms with Crippen molar-refractivity contribution in [2.45, 2.75) is 6.42 Å². The van der Waals surface area contributed by atoms with Crippen LogP contribution in [0.1, 0.15) is 16.1 Å². The minimum Gasteiger partial charge on any atom is -0.457 e. The number of carbonyl (C=O) groups is 2. The summed E-state index contributed by atoms with van der Waals surface area (Å²) in [6.45, 7) is -0.274. The molecule has 2 aromatic rings. The molecule has 4 nitrogen and oxygen atoms in total. The third kappa shape index (κ3) is 3.95. The molecule has 0 amide bonds. The first kappa shape index (κ1) is 14.8. The highest BCUT2D eigenvalue weighted by Gasteiger charge is 2.11. The number of esters is 1. The van der Waals surface area contributed by atoms with Crippen molar-refractivity contribution in [3.05, 3.63) is 57.3 Å². The Hall–Kier alpha value is -1.59. The van der Waals surface area contributed by atoms with E-state index in [1.165, 1.54) is 0 Å². The van der Waals surface area contributed by atoms with Gasteiger partial charge in [-0.05, 0) is 45.8 Å². The van der Waals surface area contributed by atoms with Crippen molar-refractivity contribution in [3.8, 4) is 0 Å². The van der Waals surface area contributed by atoms with Crippen LogP contribution in [0, 0.1) is 0 Å². The molecule has 1 aromatic heterocycles. The second kappa shape index (κ2) is 6.72. The van der Waals surface area contributed by atoms with Crippen LogP contribution in [-0.2, 0) is 16.0 Å². The van der Waals surface area contributed by atoms with Crippen LogP contribution in [0.5, 0.6) is 0 Å². The van der Waals surface area contributed by atoms with Crippen LogP contribution in [0.25, 0.3) is 0 Å². The van der Waals surface area contributed by atoms with Gasteiger partial charge in [0.2, 0.25) is 5.78 Å². The molecule has 0 saturated heterocycles. The zero-order valence-electron chi connectivity index (χ0n) is 10.4. The van der Waals surface area contributed by atoms with E-state index in [9.17, 15) is 9.59 Å². The number of halogens is 2. The molecule has 0 spiro atoms. The van der Waals surface area contributed by atoms with Gasteiger partial charge in [0.15, 0.2) is 6.61 Å². The van der Waals surface area contributed by atoms with E-state index in [0.29, 0.717) is 10.7 Å². The van der Waals surface area contributed by atoms with Crippen molar-refractivity contribution >= 4 is 39.3 Å². The predicted octanol–water partition coefficient (Wildman–Crippen LogP) is 3.40. The smallest absolute Gasteiger partial charge is 0.310 e. The second-order valence-electron chi connectivity index (χ2n) is 4.09. The Kier molecular flexibility index (Phi) is 4.98. The lowest BCUT2D eigenvalue weighted by Crippen LogP contribution is -2.15. The number of ketones is 1. The largest absolute Gasteiger partial charge is 0.457 e. The number of carbonyl (C=O) groups excluding carboxylic acids is 2. The average molecular weight is 357 g/mol. The van der Waals surface area contributed by atoms with Crippen molar-refractivity contribution in [1.29, 1.82) is 0 Å². The summed E-state index contributed by atoms with van der Waals surface area (Å²) in [4.78, 5) is 26.0. The Bertz CT molecular complexity index is 625. The van der Waals surface area contributed by atoms with Crippen LogP contribution in [0.2, 0.25) is 5.02 Å². The number of hydrogen-bond donors (Lipinski definition) is 1. The van der Waals surface area contributed by atoms with Gasteiger partial charge >= 0.3 is 5.97 Å². The molecule has 1 heterocycles. The first-order valence-electron chi connectivity index (χ1n) is 5.82. The maximum absolute atomic E-state index is 11.6.